The van der Waals surface area contributed by atoms with Crippen molar-refractivity contribution in [3.63, 3.8) is 0 Å². The molecule has 0 unspecified atom stereocenters. The number of hydrogen-bond donors (Lipinski definition) is 1. The second-order valence-electron chi connectivity index (χ2n) is 6.31. The fraction of sp³-hybridized carbons (Fsp3) is 0.350. The van der Waals surface area contributed by atoms with Crippen molar-refractivity contribution in [3.8, 4) is 0 Å². The van der Waals surface area contributed by atoms with Crippen LogP contribution in [0.5, 0.6) is 0 Å². The number of benzene rings is 2. The third-order valence-corrected chi connectivity index (χ3v) is 4.44. The summed E-state index contributed by atoms with van der Waals surface area (Å²) < 4.78 is 31.9. The highest BCUT2D eigenvalue weighted by Crippen LogP contribution is 2.21. The van der Waals surface area contributed by atoms with Crippen LogP contribution in [0, 0.1) is 11.6 Å². The van der Waals surface area contributed by atoms with E-state index < -0.39 is 17.5 Å². The number of amides is 1. The Bertz CT molecular complexity index is 740. The number of morpholine rings is 1. The van der Waals surface area contributed by atoms with Gasteiger partial charge in [-0.15, -0.1) is 0 Å². The van der Waals surface area contributed by atoms with Gasteiger partial charge in [-0.1, -0.05) is 30.3 Å². The molecule has 138 valence electrons. The molecule has 1 aliphatic heterocycles. The lowest BCUT2D eigenvalue weighted by molar-refractivity contribution is -0.0301. The van der Waals surface area contributed by atoms with Gasteiger partial charge < -0.3 is 10.1 Å². The molecule has 0 saturated carbocycles. The smallest absolute Gasteiger partial charge is 0.251 e. The maximum Gasteiger partial charge on any atom is 0.251 e. The summed E-state index contributed by atoms with van der Waals surface area (Å²) in [5, 5.41) is 2.74. The van der Waals surface area contributed by atoms with Crippen LogP contribution in [0.1, 0.15) is 28.4 Å². The second kappa shape index (κ2) is 8.87. The zero-order chi connectivity index (χ0) is 18.4. The molecule has 1 N–H and O–H groups in total. The molecule has 0 aliphatic carbocycles. The second-order valence-corrected chi connectivity index (χ2v) is 6.31. The number of hydrogen-bond acceptors (Lipinski definition) is 3. The van der Waals surface area contributed by atoms with Gasteiger partial charge in [0.25, 0.3) is 5.91 Å². The van der Waals surface area contributed by atoms with E-state index in [1.807, 2.05) is 18.2 Å². The molecule has 2 aromatic rings. The average molecular weight is 360 g/mol. The minimum atomic E-state index is -1.02. The molecule has 1 aliphatic rings. The van der Waals surface area contributed by atoms with Crippen molar-refractivity contribution in [2.75, 3.05) is 32.8 Å². The highest BCUT2D eigenvalue weighted by Gasteiger charge is 2.21. The third kappa shape index (κ3) is 4.86. The van der Waals surface area contributed by atoms with E-state index in [0.717, 1.165) is 38.2 Å². The monoisotopic (exact) mass is 360 g/mol. The highest BCUT2D eigenvalue weighted by molar-refractivity contribution is 5.94. The Labute approximate surface area is 151 Å². The van der Waals surface area contributed by atoms with Crippen LogP contribution in [-0.2, 0) is 4.74 Å². The predicted octanol–water partition coefficient (Wildman–Crippen LogP) is 3.16. The summed E-state index contributed by atoms with van der Waals surface area (Å²) >= 11 is 0. The molecule has 1 heterocycles. The predicted molar refractivity (Wildman–Crippen MR) is 94.9 cm³/mol. The van der Waals surface area contributed by atoms with E-state index in [0.29, 0.717) is 13.2 Å². The molecule has 0 bridgehead atoms. The minimum absolute atomic E-state index is 0.0710. The Morgan fingerprint density at radius 1 is 1.15 bits per heavy atom. The molecule has 2 aromatic carbocycles. The summed E-state index contributed by atoms with van der Waals surface area (Å²) in [5.41, 5.74) is 1.29. The van der Waals surface area contributed by atoms with Crippen molar-refractivity contribution in [3.05, 3.63) is 71.3 Å². The summed E-state index contributed by atoms with van der Waals surface area (Å²) in [7, 11) is 0. The molecule has 6 heteroatoms. The van der Waals surface area contributed by atoms with Gasteiger partial charge in [0.2, 0.25) is 0 Å². The largest absolute Gasteiger partial charge is 0.371 e. The van der Waals surface area contributed by atoms with Gasteiger partial charge in [0.15, 0.2) is 11.6 Å². The molecule has 4 nitrogen and oxygen atoms in total. The van der Waals surface area contributed by atoms with E-state index in [9.17, 15) is 13.6 Å². The van der Waals surface area contributed by atoms with Crippen molar-refractivity contribution in [1.82, 2.24) is 10.2 Å². The molecule has 1 amide bonds. The maximum atomic E-state index is 13.2. The molecule has 1 atom stereocenters. The van der Waals surface area contributed by atoms with Crippen LogP contribution in [0.3, 0.4) is 0 Å². The lowest BCUT2D eigenvalue weighted by atomic mass is 10.1. The Morgan fingerprint density at radius 2 is 1.96 bits per heavy atom. The summed E-state index contributed by atoms with van der Waals surface area (Å²) in [6, 6.07) is 13.3. The first-order valence-electron chi connectivity index (χ1n) is 8.75. The zero-order valence-corrected chi connectivity index (χ0v) is 14.5. The van der Waals surface area contributed by atoms with E-state index in [2.05, 4.69) is 22.3 Å². The summed E-state index contributed by atoms with van der Waals surface area (Å²) in [5.74, 6) is -2.37. The van der Waals surface area contributed by atoms with E-state index in [4.69, 9.17) is 4.74 Å². The maximum absolute atomic E-state index is 13.2. The van der Waals surface area contributed by atoms with Crippen LogP contribution in [0.15, 0.2) is 48.5 Å². The number of nitrogens with zero attached hydrogens (tertiary/aromatic N) is 1. The summed E-state index contributed by atoms with van der Waals surface area (Å²) in [6.07, 6.45) is 0.846. The van der Waals surface area contributed by atoms with Gasteiger partial charge in [-0.2, -0.15) is 0 Å². The Morgan fingerprint density at radius 3 is 2.73 bits per heavy atom. The first kappa shape index (κ1) is 18.5. The van der Waals surface area contributed by atoms with Gasteiger partial charge in [-0.05, 0) is 30.2 Å². The summed E-state index contributed by atoms with van der Waals surface area (Å²) in [6.45, 7) is 3.68. The number of carbonyl (C=O) groups excluding carboxylic acids is 1. The standard InChI is InChI=1S/C20H22F2N2O2/c21-17-8-7-16(13-18(17)22)20(25)23-9-4-10-24-11-12-26-19(14-24)15-5-2-1-3-6-15/h1-3,5-8,13,19H,4,9-12,14H2,(H,23,25)/t19-/m1/s1. The van der Waals surface area contributed by atoms with Crippen molar-refractivity contribution >= 4 is 5.91 Å². The van der Waals surface area contributed by atoms with Crippen LogP contribution in [0.4, 0.5) is 8.78 Å². The normalized spacial score (nSPS) is 17.8. The van der Waals surface area contributed by atoms with Gasteiger partial charge in [-0.25, -0.2) is 8.78 Å². The van der Waals surface area contributed by atoms with Crippen molar-refractivity contribution in [1.29, 1.82) is 0 Å². The van der Waals surface area contributed by atoms with Gasteiger partial charge in [0.05, 0.1) is 12.7 Å². The van der Waals surface area contributed by atoms with E-state index >= 15 is 0 Å². The lowest BCUT2D eigenvalue weighted by Gasteiger charge is -2.33. The summed E-state index contributed by atoms with van der Waals surface area (Å²) in [4.78, 5) is 14.3. The number of ether oxygens (including phenoxy) is 1. The molecular formula is C20H22F2N2O2. The number of carbonyl (C=O) groups is 1. The Kier molecular flexibility index (Phi) is 6.30. The first-order chi connectivity index (χ1) is 12.6. The van der Waals surface area contributed by atoms with Crippen LogP contribution in [-0.4, -0.2) is 43.6 Å². The van der Waals surface area contributed by atoms with Crippen LogP contribution in [0.25, 0.3) is 0 Å². The molecule has 3 rings (SSSR count). The average Bonchev–Trinajstić information content (AvgIpc) is 2.68. The number of halogens is 2. The fourth-order valence-electron chi connectivity index (χ4n) is 3.02. The molecule has 1 saturated heterocycles. The molecular weight excluding hydrogens is 338 g/mol. The Hall–Kier alpha value is -2.31. The van der Waals surface area contributed by atoms with Gasteiger partial charge in [0.1, 0.15) is 0 Å². The third-order valence-electron chi connectivity index (χ3n) is 4.44. The lowest BCUT2D eigenvalue weighted by Crippen LogP contribution is -2.39. The molecule has 0 radical (unpaired) electrons. The van der Waals surface area contributed by atoms with Gasteiger partial charge >= 0.3 is 0 Å². The van der Waals surface area contributed by atoms with Gasteiger partial charge in [0, 0.05) is 31.7 Å². The minimum Gasteiger partial charge on any atom is -0.371 e. The van der Waals surface area contributed by atoms with Crippen molar-refractivity contribution in [2.45, 2.75) is 12.5 Å². The van der Waals surface area contributed by atoms with Crippen molar-refractivity contribution < 1.29 is 18.3 Å². The van der Waals surface area contributed by atoms with E-state index in [-0.39, 0.29) is 11.7 Å². The quantitative estimate of drug-likeness (QED) is 0.805. The fourth-order valence-corrected chi connectivity index (χ4v) is 3.02. The number of rotatable bonds is 6. The molecule has 0 spiro atoms. The van der Waals surface area contributed by atoms with Crippen molar-refractivity contribution in [2.24, 2.45) is 0 Å². The first-order valence-corrected chi connectivity index (χ1v) is 8.75. The molecule has 1 fully saturated rings. The topological polar surface area (TPSA) is 41.6 Å². The molecule has 26 heavy (non-hydrogen) atoms. The van der Waals surface area contributed by atoms with E-state index in [1.54, 1.807) is 0 Å². The molecule has 0 aromatic heterocycles. The van der Waals surface area contributed by atoms with E-state index in [1.165, 1.54) is 11.6 Å². The van der Waals surface area contributed by atoms with Crippen LogP contribution >= 0.6 is 0 Å². The van der Waals surface area contributed by atoms with Crippen LogP contribution in [0.2, 0.25) is 0 Å². The SMILES string of the molecule is O=C(NCCCN1CCO[C@@H](c2ccccc2)C1)c1ccc(F)c(F)c1. The zero-order valence-electron chi connectivity index (χ0n) is 14.5. The Balaban J connectivity index is 1.41. The van der Waals surface area contributed by atoms with Gasteiger partial charge in [-0.3, -0.25) is 9.69 Å². The number of nitrogens with one attached hydrogen (secondary N) is 1. The highest BCUT2D eigenvalue weighted by atomic mass is 19.2. The van der Waals surface area contributed by atoms with Crippen LogP contribution < -0.4 is 5.32 Å².